The molecular formula is C13H10BrF3O3. The molecule has 1 aromatic rings. The standard InChI is InChI=1S/C13H10BrF3O3/c1-7(14)12(20)10-4-3-9(13(15,16)17)6-8(10)2-5-11(18)19/h2-7H,1H3,(H,18,19). The second kappa shape index (κ2) is 6.21. The third-order valence-electron chi connectivity index (χ3n) is 2.41. The van der Waals surface area contributed by atoms with Gasteiger partial charge in [0.05, 0.1) is 10.4 Å². The largest absolute Gasteiger partial charge is 0.478 e. The van der Waals surface area contributed by atoms with E-state index in [1.807, 2.05) is 0 Å². The summed E-state index contributed by atoms with van der Waals surface area (Å²) in [4.78, 5) is 21.7. The number of ketones is 1. The van der Waals surface area contributed by atoms with Crippen LogP contribution in [-0.2, 0) is 11.0 Å². The topological polar surface area (TPSA) is 54.4 Å². The molecule has 20 heavy (non-hydrogen) atoms. The Labute approximate surface area is 121 Å². The van der Waals surface area contributed by atoms with E-state index in [-0.39, 0.29) is 11.1 Å². The molecule has 1 rings (SSSR count). The summed E-state index contributed by atoms with van der Waals surface area (Å²) in [5, 5.41) is 8.54. The maximum absolute atomic E-state index is 12.6. The molecule has 3 nitrogen and oxygen atoms in total. The van der Waals surface area contributed by atoms with E-state index in [1.54, 1.807) is 0 Å². The maximum Gasteiger partial charge on any atom is 0.416 e. The number of benzene rings is 1. The molecule has 1 atom stereocenters. The molecule has 0 aliphatic rings. The minimum absolute atomic E-state index is 0.0277. The first-order valence-corrected chi connectivity index (χ1v) is 6.35. The van der Waals surface area contributed by atoms with Crippen LogP contribution in [0.2, 0.25) is 0 Å². The van der Waals surface area contributed by atoms with Crippen LogP contribution in [0.5, 0.6) is 0 Å². The monoisotopic (exact) mass is 350 g/mol. The fourth-order valence-electron chi connectivity index (χ4n) is 1.48. The minimum atomic E-state index is -4.56. The summed E-state index contributed by atoms with van der Waals surface area (Å²) in [7, 11) is 0. The molecule has 0 bridgehead atoms. The summed E-state index contributed by atoms with van der Waals surface area (Å²) in [5.41, 5.74) is -1.00. The molecule has 0 saturated heterocycles. The van der Waals surface area contributed by atoms with Crippen LogP contribution >= 0.6 is 15.9 Å². The highest BCUT2D eigenvalue weighted by atomic mass is 79.9. The summed E-state index contributed by atoms with van der Waals surface area (Å²) in [6, 6.07) is 2.59. The molecule has 1 N–H and O–H groups in total. The normalized spacial score (nSPS) is 13.4. The van der Waals surface area contributed by atoms with E-state index in [9.17, 15) is 22.8 Å². The second-order valence-corrected chi connectivity index (χ2v) is 5.33. The van der Waals surface area contributed by atoms with Crippen LogP contribution < -0.4 is 0 Å². The van der Waals surface area contributed by atoms with Crippen molar-refractivity contribution in [3.05, 3.63) is 41.0 Å². The number of aliphatic carboxylic acids is 1. The van der Waals surface area contributed by atoms with Crippen molar-refractivity contribution in [3.63, 3.8) is 0 Å². The zero-order valence-corrected chi connectivity index (χ0v) is 11.8. The predicted molar refractivity (Wildman–Crippen MR) is 70.8 cm³/mol. The van der Waals surface area contributed by atoms with Gasteiger partial charge in [-0.2, -0.15) is 13.2 Å². The van der Waals surface area contributed by atoms with Gasteiger partial charge in [0.2, 0.25) is 0 Å². The number of carboxylic acids is 1. The van der Waals surface area contributed by atoms with Gasteiger partial charge in [0.25, 0.3) is 0 Å². The van der Waals surface area contributed by atoms with E-state index < -0.39 is 28.3 Å². The summed E-state index contributed by atoms with van der Waals surface area (Å²) in [5.74, 6) is -1.74. The second-order valence-electron chi connectivity index (χ2n) is 3.95. The van der Waals surface area contributed by atoms with Gasteiger partial charge in [-0.15, -0.1) is 0 Å². The highest BCUT2D eigenvalue weighted by Crippen LogP contribution is 2.31. The molecule has 0 fully saturated rings. The number of carboxylic acid groups (broad SMARTS) is 1. The van der Waals surface area contributed by atoms with Crippen molar-refractivity contribution in [1.29, 1.82) is 0 Å². The Bertz CT molecular complexity index is 562. The number of Topliss-reactive ketones (excluding diaryl/α,β-unsaturated/α-hetero) is 1. The fourth-order valence-corrected chi connectivity index (χ4v) is 1.72. The molecule has 0 aliphatic carbocycles. The summed E-state index contributed by atoms with van der Waals surface area (Å²) in [6.07, 6.45) is -2.90. The summed E-state index contributed by atoms with van der Waals surface area (Å²) >= 11 is 3.04. The molecule has 1 aromatic carbocycles. The summed E-state index contributed by atoms with van der Waals surface area (Å²) in [6.45, 7) is 1.53. The molecular weight excluding hydrogens is 341 g/mol. The van der Waals surface area contributed by atoms with E-state index in [4.69, 9.17) is 5.11 Å². The smallest absolute Gasteiger partial charge is 0.416 e. The Morgan fingerprint density at radius 3 is 2.40 bits per heavy atom. The minimum Gasteiger partial charge on any atom is -0.478 e. The number of halogens is 4. The maximum atomic E-state index is 12.6. The van der Waals surface area contributed by atoms with Crippen LogP contribution in [0, 0.1) is 0 Å². The Balaban J connectivity index is 3.38. The molecule has 0 heterocycles. The van der Waals surface area contributed by atoms with Gasteiger partial charge in [0.1, 0.15) is 0 Å². The van der Waals surface area contributed by atoms with Gasteiger partial charge in [-0.1, -0.05) is 22.0 Å². The van der Waals surface area contributed by atoms with Crippen molar-refractivity contribution in [2.75, 3.05) is 0 Å². The van der Waals surface area contributed by atoms with E-state index >= 15 is 0 Å². The molecule has 0 aliphatic heterocycles. The third-order valence-corrected chi connectivity index (χ3v) is 2.83. The van der Waals surface area contributed by atoms with E-state index in [0.717, 1.165) is 24.3 Å². The van der Waals surface area contributed by atoms with Crippen LogP contribution in [0.3, 0.4) is 0 Å². The Morgan fingerprint density at radius 1 is 1.35 bits per heavy atom. The predicted octanol–water partition coefficient (Wildman–Crippen LogP) is 3.77. The first-order chi connectivity index (χ1) is 9.12. The van der Waals surface area contributed by atoms with Crippen molar-refractivity contribution in [3.8, 4) is 0 Å². The molecule has 108 valence electrons. The van der Waals surface area contributed by atoms with Crippen molar-refractivity contribution >= 4 is 33.8 Å². The number of carbonyl (C=O) groups is 2. The van der Waals surface area contributed by atoms with Gasteiger partial charge in [-0.05, 0) is 30.7 Å². The highest BCUT2D eigenvalue weighted by Gasteiger charge is 2.31. The zero-order valence-electron chi connectivity index (χ0n) is 10.2. The third kappa shape index (κ3) is 4.19. The first-order valence-electron chi connectivity index (χ1n) is 5.43. The SMILES string of the molecule is CC(Br)C(=O)c1ccc(C(F)(F)F)cc1C=CC(=O)O. The van der Waals surface area contributed by atoms with Gasteiger partial charge >= 0.3 is 12.1 Å². The van der Waals surface area contributed by atoms with Gasteiger partial charge in [-0.3, -0.25) is 4.79 Å². The van der Waals surface area contributed by atoms with E-state index in [1.165, 1.54) is 6.92 Å². The van der Waals surface area contributed by atoms with Gasteiger partial charge < -0.3 is 5.11 Å². The van der Waals surface area contributed by atoms with Crippen molar-refractivity contribution < 1.29 is 27.9 Å². The van der Waals surface area contributed by atoms with Gasteiger partial charge in [0.15, 0.2) is 5.78 Å². The average Bonchev–Trinajstić information content (AvgIpc) is 2.33. The molecule has 0 spiro atoms. The van der Waals surface area contributed by atoms with Crippen LogP contribution in [0.25, 0.3) is 6.08 Å². The lowest BCUT2D eigenvalue weighted by atomic mass is 9.98. The van der Waals surface area contributed by atoms with E-state index in [2.05, 4.69) is 15.9 Å². The number of hydrogen-bond acceptors (Lipinski definition) is 2. The highest BCUT2D eigenvalue weighted by molar-refractivity contribution is 9.10. The lowest BCUT2D eigenvalue weighted by Gasteiger charge is -2.11. The average molecular weight is 351 g/mol. The molecule has 0 radical (unpaired) electrons. The van der Waals surface area contributed by atoms with Crippen LogP contribution in [0.1, 0.15) is 28.4 Å². The van der Waals surface area contributed by atoms with Crippen molar-refractivity contribution in [1.82, 2.24) is 0 Å². The lowest BCUT2D eigenvalue weighted by Crippen LogP contribution is -2.13. The number of carbonyl (C=O) groups excluding carboxylic acids is 1. The Morgan fingerprint density at radius 2 is 1.95 bits per heavy atom. The molecule has 1 unspecified atom stereocenters. The molecule has 0 amide bonds. The van der Waals surface area contributed by atoms with Crippen molar-refractivity contribution in [2.24, 2.45) is 0 Å². The molecule has 7 heteroatoms. The number of hydrogen-bond donors (Lipinski definition) is 1. The van der Waals surface area contributed by atoms with Crippen LogP contribution in [-0.4, -0.2) is 21.7 Å². The molecule has 0 saturated carbocycles. The van der Waals surface area contributed by atoms with E-state index in [0.29, 0.717) is 6.08 Å². The molecule has 0 aromatic heterocycles. The van der Waals surface area contributed by atoms with Crippen molar-refractivity contribution in [2.45, 2.75) is 17.9 Å². The lowest BCUT2D eigenvalue weighted by molar-refractivity contribution is -0.137. The number of rotatable bonds is 4. The quantitative estimate of drug-likeness (QED) is 0.510. The summed E-state index contributed by atoms with van der Waals surface area (Å²) < 4.78 is 37.9. The Kier molecular flexibility index (Phi) is 5.10. The van der Waals surface area contributed by atoms with Gasteiger partial charge in [-0.25, -0.2) is 4.79 Å². The van der Waals surface area contributed by atoms with Gasteiger partial charge in [0, 0.05) is 11.6 Å². The zero-order chi connectivity index (χ0) is 15.5. The Hall–Kier alpha value is -1.63. The first kappa shape index (κ1) is 16.4. The van der Waals surface area contributed by atoms with Crippen LogP contribution in [0.15, 0.2) is 24.3 Å². The number of alkyl halides is 4. The van der Waals surface area contributed by atoms with Crippen LogP contribution in [0.4, 0.5) is 13.2 Å². The fraction of sp³-hybridized carbons (Fsp3) is 0.231.